The van der Waals surface area contributed by atoms with Crippen molar-refractivity contribution in [3.63, 3.8) is 0 Å². The Morgan fingerprint density at radius 2 is 2.10 bits per heavy atom. The highest BCUT2D eigenvalue weighted by Gasteiger charge is 2.39. The molecule has 154 valence electrons. The number of carbonyl (C=O) groups excluding carboxylic acids is 2. The molecule has 2 aliphatic heterocycles. The van der Waals surface area contributed by atoms with Gasteiger partial charge in [-0.05, 0) is 32.2 Å². The van der Waals surface area contributed by atoms with E-state index in [9.17, 15) is 9.59 Å². The Bertz CT molecular complexity index is 989. The van der Waals surface area contributed by atoms with E-state index in [1.807, 2.05) is 24.1 Å². The number of likely N-dealkylation sites (N-methyl/N-ethyl adjacent to an activating group) is 1. The van der Waals surface area contributed by atoms with Gasteiger partial charge in [-0.1, -0.05) is 0 Å². The molecule has 0 spiro atoms. The van der Waals surface area contributed by atoms with Crippen LogP contribution in [0.15, 0.2) is 41.7 Å². The zero-order valence-electron chi connectivity index (χ0n) is 16.3. The SMILES string of the molecule is CCOC(=O)C1=C(N2CCN(C)CC2)O/C(=C\c2c[nH]c3ncccc23)C1=O.Cl. The molecule has 0 radical (unpaired) electrons. The summed E-state index contributed by atoms with van der Waals surface area (Å²) in [6.45, 7) is 4.90. The van der Waals surface area contributed by atoms with Gasteiger partial charge in [0, 0.05) is 49.5 Å². The summed E-state index contributed by atoms with van der Waals surface area (Å²) in [5.41, 5.74) is 1.46. The first-order valence-electron chi connectivity index (χ1n) is 9.29. The van der Waals surface area contributed by atoms with Gasteiger partial charge in [-0.2, -0.15) is 0 Å². The minimum absolute atomic E-state index is 0. The molecule has 9 heteroatoms. The van der Waals surface area contributed by atoms with Gasteiger partial charge in [0.25, 0.3) is 0 Å². The molecule has 2 aliphatic rings. The molecule has 0 saturated carbocycles. The molecule has 0 unspecified atom stereocenters. The molecule has 4 rings (SSSR count). The van der Waals surface area contributed by atoms with Gasteiger partial charge in [-0.15, -0.1) is 12.4 Å². The van der Waals surface area contributed by atoms with Crippen molar-refractivity contribution in [3.05, 3.63) is 47.3 Å². The van der Waals surface area contributed by atoms with Gasteiger partial charge in [-0.25, -0.2) is 9.78 Å². The second-order valence-corrected chi connectivity index (χ2v) is 6.77. The first kappa shape index (κ1) is 20.9. The molecule has 1 N–H and O–H groups in total. The van der Waals surface area contributed by atoms with Crippen LogP contribution in [0.5, 0.6) is 0 Å². The number of ketones is 1. The van der Waals surface area contributed by atoms with Crippen molar-refractivity contribution in [2.24, 2.45) is 0 Å². The van der Waals surface area contributed by atoms with Crippen molar-refractivity contribution >= 4 is 41.3 Å². The lowest BCUT2D eigenvalue weighted by molar-refractivity contribution is -0.139. The molecule has 2 aromatic rings. The van der Waals surface area contributed by atoms with E-state index < -0.39 is 11.8 Å². The molecule has 29 heavy (non-hydrogen) atoms. The van der Waals surface area contributed by atoms with Crippen LogP contribution in [0.25, 0.3) is 17.1 Å². The van der Waals surface area contributed by atoms with Crippen LogP contribution in [-0.4, -0.2) is 71.4 Å². The highest BCUT2D eigenvalue weighted by Crippen LogP contribution is 2.31. The summed E-state index contributed by atoms with van der Waals surface area (Å²) in [6, 6.07) is 3.74. The van der Waals surface area contributed by atoms with Crippen LogP contribution in [0, 0.1) is 0 Å². The molecule has 0 aromatic carbocycles. The molecule has 0 bridgehead atoms. The normalized spacial score (nSPS) is 18.9. The number of H-pyrrole nitrogens is 1. The van der Waals surface area contributed by atoms with E-state index in [-0.39, 0.29) is 30.3 Å². The van der Waals surface area contributed by atoms with Crippen LogP contribution in [0.4, 0.5) is 0 Å². The molecule has 4 heterocycles. The number of aromatic nitrogens is 2. The zero-order chi connectivity index (χ0) is 19.7. The fourth-order valence-electron chi connectivity index (χ4n) is 3.37. The average molecular weight is 419 g/mol. The van der Waals surface area contributed by atoms with Gasteiger partial charge in [0.1, 0.15) is 5.65 Å². The molecule has 1 saturated heterocycles. The molecule has 0 amide bonds. The first-order valence-corrected chi connectivity index (χ1v) is 9.29. The highest BCUT2D eigenvalue weighted by atomic mass is 35.5. The van der Waals surface area contributed by atoms with E-state index in [0.717, 1.165) is 29.7 Å². The number of ether oxygens (including phenoxy) is 2. The van der Waals surface area contributed by atoms with Crippen molar-refractivity contribution in [2.45, 2.75) is 6.92 Å². The Morgan fingerprint density at radius 1 is 1.34 bits per heavy atom. The van der Waals surface area contributed by atoms with Crippen LogP contribution in [0.2, 0.25) is 0 Å². The second-order valence-electron chi connectivity index (χ2n) is 6.77. The third-order valence-electron chi connectivity index (χ3n) is 4.91. The van der Waals surface area contributed by atoms with Gasteiger partial charge in [0.05, 0.1) is 6.61 Å². The minimum atomic E-state index is -0.648. The van der Waals surface area contributed by atoms with Gasteiger partial charge >= 0.3 is 5.97 Å². The van der Waals surface area contributed by atoms with E-state index in [1.165, 1.54) is 0 Å². The van der Waals surface area contributed by atoms with E-state index in [1.54, 1.807) is 25.4 Å². The monoisotopic (exact) mass is 418 g/mol. The number of rotatable bonds is 4. The number of fused-ring (bicyclic) bond motifs is 1. The van der Waals surface area contributed by atoms with E-state index in [2.05, 4.69) is 14.9 Å². The predicted molar refractivity (Wildman–Crippen MR) is 110 cm³/mol. The summed E-state index contributed by atoms with van der Waals surface area (Å²) in [6.07, 6.45) is 5.10. The maximum atomic E-state index is 13.0. The summed E-state index contributed by atoms with van der Waals surface area (Å²) in [7, 11) is 2.04. The molecule has 1 fully saturated rings. The number of aromatic amines is 1. The number of esters is 1. The first-order chi connectivity index (χ1) is 13.6. The lowest BCUT2D eigenvalue weighted by Gasteiger charge is -2.33. The largest absolute Gasteiger partial charge is 0.462 e. The number of carbonyl (C=O) groups is 2. The van der Waals surface area contributed by atoms with Crippen molar-refractivity contribution in [2.75, 3.05) is 39.8 Å². The number of allylic oxidation sites excluding steroid dienone is 1. The Hall–Kier alpha value is -2.84. The number of nitrogens with one attached hydrogen (secondary N) is 1. The summed E-state index contributed by atoms with van der Waals surface area (Å²) in [5.74, 6) is -0.696. The summed E-state index contributed by atoms with van der Waals surface area (Å²) in [4.78, 5) is 36.9. The number of hydrogen-bond acceptors (Lipinski definition) is 7. The second kappa shape index (κ2) is 8.67. The number of hydrogen-bond donors (Lipinski definition) is 1. The van der Waals surface area contributed by atoms with Crippen LogP contribution in [0.1, 0.15) is 12.5 Å². The number of halogens is 1. The van der Waals surface area contributed by atoms with Gasteiger partial charge in [-0.3, -0.25) is 4.79 Å². The number of Topliss-reactive ketones (excluding diaryl/α,β-unsaturated/α-hetero) is 1. The van der Waals surface area contributed by atoms with Crippen LogP contribution in [-0.2, 0) is 19.1 Å². The summed E-state index contributed by atoms with van der Waals surface area (Å²) < 4.78 is 11.0. The van der Waals surface area contributed by atoms with Gasteiger partial charge in [0.15, 0.2) is 11.3 Å². The molecule has 0 aliphatic carbocycles. The molecule has 2 aromatic heterocycles. The average Bonchev–Trinajstić information content (AvgIpc) is 3.25. The Balaban J connectivity index is 0.00000240. The van der Waals surface area contributed by atoms with Crippen molar-refractivity contribution < 1.29 is 19.1 Å². The summed E-state index contributed by atoms with van der Waals surface area (Å²) >= 11 is 0. The predicted octanol–water partition coefficient (Wildman–Crippen LogP) is 1.95. The van der Waals surface area contributed by atoms with Gasteiger partial charge < -0.3 is 24.3 Å². The minimum Gasteiger partial charge on any atom is -0.462 e. The molecule has 8 nitrogen and oxygen atoms in total. The van der Waals surface area contributed by atoms with E-state index in [4.69, 9.17) is 9.47 Å². The number of pyridine rings is 1. The standard InChI is InChI=1S/C20H22N4O4.ClH/c1-3-27-20(26)16-17(25)15(28-19(16)24-9-7-23(2)8-10-24)11-13-12-22-18-14(13)5-4-6-21-18;/h4-6,11-12H,3,7-10H2,1-2H3,(H,21,22);1H/b15-11-;. The number of nitrogens with zero attached hydrogens (tertiary/aromatic N) is 3. The fourth-order valence-corrected chi connectivity index (χ4v) is 3.37. The van der Waals surface area contributed by atoms with Crippen molar-refractivity contribution in [1.82, 2.24) is 19.8 Å². The summed E-state index contributed by atoms with van der Waals surface area (Å²) in [5, 5.41) is 0.872. The Kier molecular flexibility index (Phi) is 6.24. The highest BCUT2D eigenvalue weighted by molar-refractivity contribution is 6.26. The molecular formula is C20H23ClN4O4. The quantitative estimate of drug-likeness (QED) is 0.461. The number of piperazine rings is 1. The van der Waals surface area contributed by atoms with Crippen LogP contribution >= 0.6 is 12.4 Å². The fraction of sp³-hybridized carbons (Fsp3) is 0.350. The van der Waals surface area contributed by atoms with Crippen molar-refractivity contribution in [3.8, 4) is 0 Å². The smallest absolute Gasteiger partial charge is 0.347 e. The third kappa shape index (κ3) is 3.99. The third-order valence-corrected chi connectivity index (χ3v) is 4.91. The van der Waals surface area contributed by atoms with E-state index >= 15 is 0 Å². The van der Waals surface area contributed by atoms with Gasteiger partial charge in [0.2, 0.25) is 11.7 Å². The zero-order valence-corrected chi connectivity index (χ0v) is 17.1. The molecule has 0 atom stereocenters. The maximum Gasteiger partial charge on any atom is 0.347 e. The molecular weight excluding hydrogens is 396 g/mol. The maximum absolute atomic E-state index is 13.0. The lowest BCUT2D eigenvalue weighted by atomic mass is 10.1. The lowest BCUT2D eigenvalue weighted by Crippen LogP contribution is -2.44. The van der Waals surface area contributed by atoms with E-state index in [0.29, 0.717) is 19.0 Å². The van der Waals surface area contributed by atoms with Crippen LogP contribution in [0.3, 0.4) is 0 Å². The topological polar surface area (TPSA) is 87.8 Å². The Labute approximate surface area is 174 Å². The Morgan fingerprint density at radius 3 is 2.83 bits per heavy atom. The van der Waals surface area contributed by atoms with Crippen LogP contribution < -0.4 is 0 Å². The van der Waals surface area contributed by atoms with Crippen molar-refractivity contribution in [1.29, 1.82) is 0 Å².